The quantitative estimate of drug-likeness (QED) is 0.802. The minimum atomic E-state index is -3.26. The topological polar surface area (TPSA) is 60.4 Å². The Hall–Kier alpha value is -0.880. The zero-order valence-electron chi connectivity index (χ0n) is 8.86. The Balaban J connectivity index is 3.15. The number of hydrogen-bond acceptors (Lipinski definition) is 4. The van der Waals surface area contributed by atoms with Crippen LogP contribution in [-0.2, 0) is 14.6 Å². The maximum atomic E-state index is 11.4. The number of carbonyl (C=O) groups excluding carboxylic acids is 1. The number of carbonyl (C=O) groups is 1. The summed E-state index contributed by atoms with van der Waals surface area (Å²) >= 11 is 3.14. The van der Waals surface area contributed by atoms with Gasteiger partial charge in [-0.3, -0.25) is 0 Å². The third-order valence-electron chi connectivity index (χ3n) is 1.86. The molecule has 4 nitrogen and oxygen atoms in total. The van der Waals surface area contributed by atoms with E-state index in [-0.39, 0.29) is 11.5 Å². The van der Waals surface area contributed by atoms with Crippen molar-refractivity contribution in [2.75, 3.05) is 12.9 Å². The first-order valence-electron chi connectivity index (χ1n) is 4.53. The molecular formula is C10H11BrO4S. The average molecular weight is 307 g/mol. The molecule has 0 unspecified atom stereocenters. The summed E-state index contributed by atoms with van der Waals surface area (Å²) in [6.45, 7) is 1.98. The predicted octanol–water partition coefficient (Wildman–Crippen LogP) is 2.03. The molecule has 0 aliphatic heterocycles. The van der Waals surface area contributed by atoms with E-state index < -0.39 is 15.8 Å². The first-order valence-corrected chi connectivity index (χ1v) is 7.21. The van der Waals surface area contributed by atoms with Crippen molar-refractivity contribution < 1.29 is 17.9 Å². The van der Waals surface area contributed by atoms with Crippen LogP contribution in [0.1, 0.15) is 17.3 Å². The molecule has 0 fully saturated rings. The summed E-state index contributed by atoms with van der Waals surface area (Å²) in [5.41, 5.74) is 0.314. The lowest BCUT2D eigenvalue weighted by molar-refractivity contribution is 0.0525. The Kier molecular flexibility index (Phi) is 4.09. The number of hydrogen-bond donors (Lipinski definition) is 0. The molecule has 0 amide bonds. The van der Waals surface area contributed by atoms with Gasteiger partial charge in [0, 0.05) is 10.7 Å². The Labute approximate surface area is 103 Å². The van der Waals surface area contributed by atoms with Gasteiger partial charge in [0.05, 0.1) is 17.1 Å². The molecule has 1 aromatic carbocycles. The molecule has 0 N–H and O–H groups in total. The van der Waals surface area contributed by atoms with E-state index in [1.807, 2.05) is 0 Å². The minimum Gasteiger partial charge on any atom is -0.462 e. The van der Waals surface area contributed by atoms with Gasteiger partial charge in [-0.1, -0.05) is 0 Å². The summed E-state index contributed by atoms with van der Waals surface area (Å²) in [6.07, 6.45) is 1.11. The van der Waals surface area contributed by atoms with Gasteiger partial charge in [-0.2, -0.15) is 0 Å². The Morgan fingerprint density at radius 1 is 1.44 bits per heavy atom. The van der Waals surface area contributed by atoms with Crippen LogP contribution in [0.4, 0.5) is 0 Å². The van der Waals surface area contributed by atoms with Crippen molar-refractivity contribution in [1.29, 1.82) is 0 Å². The second-order valence-corrected chi connectivity index (χ2v) is 6.00. The van der Waals surface area contributed by atoms with E-state index in [0.29, 0.717) is 10.0 Å². The van der Waals surface area contributed by atoms with Crippen molar-refractivity contribution in [3.05, 3.63) is 28.2 Å². The van der Waals surface area contributed by atoms with Crippen molar-refractivity contribution >= 4 is 31.7 Å². The SMILES string of the molecule is CCOC(=O)c1ccc(S(C)(=O)=O)cc1Br. The molecule has 1 rings (SSSR count). The fraction of sp³-hybridized carbons (Fsp3) is 0.300. The highest BCUT2D eigenvalue weighted by Crippen LogP contribution is 2.22. The van der Waals surface area contributed by atoms with Gasteiger partial charge in [0.2, 0.25) is 0 Å². The summed E-state index contributed by atoms with van der Waals surface area (Å²) in [5, 5.41) is 0. The minimum absolute atomic E-state index is 0.160. The van der Waals surface area contributed by atoms with Gasteiger partial charge in [0.25, 0.3) is 0 Å². The van der Waals surface area contributed by atoms with Gasteiger partial charge >= 0.3 is 5.97 Å². The third-order valence-corrected chi connectivity index (χ3v) is 3.63. The number of ether oxygens (including phenoxy) is 1. The molecule has 6 heteroatoms. The van der Waals surface area contributed by atoms with E-state index in [4.69, 9.17) is 4.74 Å². The number of esters is 1. The van der Waals surface area contributed by atoms with Crippen molar-refractivity contribution in [1.82, 2.24) is 0 Å². The molecule has 0 bridgehead atoms. The lowest BCUT2D eigenvalue weighted by Crippen LogP contribution is -2.06. The fourth-order valence-electron chi connectivity index (χ4n) is 1.10. The van der Waals surface area contributed by atoms with Crippen LogP contribution >= 0.6 is 15.9 Å². The smallest absolute Gasteiger partial charge is 0.339 e. The number of rotatable bonds is 3. The van der Waals surface area contributed by atoms with Crippen LogP contribution in [0.3, 0.4) is 0 Å². The largest absolute Gasteiger partial charge is 0.462 e. The standard InChI is InChI=1S/C10H11BrO4S/c1-3-15-10(12)8-5-4-7(6-9(8)11)16(2,13)14/h4-6H,3H2,1-2H3. The highest BCUT2D eigenvalue weighted by Gasteiger charge is 2.14. The predicted molar refractivity (Wildman–Crippen MR) is 63.2 cm³/mol. The number of halogens is 1. The van der Waals surface area contributed by atoms with Crippen LogP contribution in [0.5, 0.6) is 0 Å². The zero-order valence-corrected chi connectivity index (χ0v) is 11.3. The van der Waals surface area contributed by atoms with Crippen molar-refractivity contribution in [2.24, 2.45) is 0 Å². The first-order chi connectivity index (χ1) is 7.36. The maximum Gasteiger partial charge on any atom is 0.339 e. The van der Waals surface area contributed by atoms with Crippen LogP contribution in [0.2, 0.25) is 0 Å². The van der Waals surface area contributed by atoms with E-state index >= 15 is 0 Å². The number of sulfone groups is 1. The summed E-state index contributed by atoms with van der Waals surface area (Å²) in [5.74, 6) is -0.477. The molecule has 1 aromatic rings. The van der Waals surface area contributed by atoms with Gasteiger partial charge in [0.1, 0.15) is 0 Å². The van der Waals surface area contributed by atoms with Gasteiger partial charge < -0.3 is 4.74 Å². The van der Waals surface area contributed by atoms with Crippen molar-refractivity contribution in [3.8, 4) is 0 Å². The highest BCUT2D eigenvalue weighted by molar-refractivity contribution is 9.10. The molecule has 0 atom stereocenters. The van der Waals surface area contributed by atoms with Gasteiger partial charge in [0.15, 0.2) is 9.84 Å². The number of benzene rings is 1. The van der Waals surface area contributed by atoms with Crippen molar-refractivity contribution in [3.63, 3.8) is 0 Å². The molecule has 0 saturated carbocycles. The second kappa shape index (κ2) is 4.97. The first kappa shape index (κ1) is 13.2. The van der Waals surface area contributed by atoms with Crippen LogP contribution in [0, 0.1) is 0 Å². The summed E-state index contributed by atoms with van der Waals surface area (Å²) in [4.78, 5) is 11.6. The summed E-state index contributed by atoms with van der Waals surface area (Å²) < 4.78 is 27.7. The summed E-state index contributed by atoms with van der Waals surface area (Å²) in [6, 6.07) is 4.20. The highest BCUT2D eigenvalue weighted by atomic mass is 79.9. The van der Waals surface area contributed by atoms with Crippen molar-refractivity contribution in [2.45, 2.75) is 11.8 Å². The van der Waals surface area contributed by atoms with E-state index in [1.165, 1.54) is 18.2 Å². The van der Waals surface area contributed by atoms with E-state index in [1.54, 1.807) is 6.92 Å². The Bertz CT molecular complexity index is 508. The molecule has 0 radical (unpaired) electrons. The molecule has 0 saturated heterocycles. The fourth-order valence-corrected chi connectivity index (χ4v) is 2.44. The maximum absolute atomic E-state index is 11.4. The van der Waals surface area contributed by atoms with E-state index in [0.717, 1.165) is 6.26 Å². The molecular weight excluding hydrogens is 296 g/mol. The molecule has 0 aromatic heterocycles. The Morgan fingerprint density at radius 3 is 2.50 bits per heavy atom. The lowest BCUT2D eigenvalue weighted by atomic mass is 10.2. The Morgan fingerprint density at radius 2 is 2.06 bits per heavy atom. The lowest BCUT2D eigenvalue weighted by Gasteiger charge is -2.05. The molecule has 16 heavy (non-hydrogen) atoms. The zero-order chi connectivity index (χ0) is 12.3. The third kappa shape index (κ3) is 3.05. The van der Waals surface area contributed by atoms with Gasteiger partial charge in [-0.15, -0.1) is 0 Å². The summed E-state index contributed by atoms with van der Waals surface area (Å²) in [7, 11) is -3.26. The molecule has 0 aliphatic carbocycles. The van der Waals surface area contributed by atoms with E-state index in [2.05, 4.69) is 15.9 Å². The van der Waals surface area contributed by atoms with Crippen LogP contribution in [0.15, 0.2) is 27.6 Å². The molecule has 88 valence electrons. The van der Waals surface area contributed by atoms with Crippen LogP contribution in [-0.4, -0.2) is 27.2 Å². The molecule has 0 spiro atoms. The monoisotopic (exact) mass is 306 g/mol. The average Bonchev–Trinajstić information content (AvgIpc) is 2.16. The molecule has 0 aliphatic rings. The molecule has 0 heterocycles. The van der Waals surface area contributed by atoms with Crippen LogP contribution < -0.4 is 0 Å². The second-order valence-electron chi connectivity index (χ2n) is 3.13. The van der Waals surface area contributed by atoms with E-state index in [9.17, 15) is 13.2 Å². The van der Waals surface area contributed by atoms with Crippen LogP contribution in [0.25, 0.3) is 0 Å². The normalized spacial score (nSPS) is 11.2. The van der Waals surface area contributed by atoms with Gasteiger partial charge in [-0.05, 0) is 41.1 Å². The van der Waals surface area contributed by atoms with Gasteiger partial charge in [-0.25, -0.2) is 13.2 Å².